The molecule has 0 fully saturated rings. The van der Waals surface area contributed by atoms with Gasteiger partial charge in [-0.1, -0.05) is 38.2 Å². The Morgan fingerprint density at radius 2 is 2.15 bits per heavy atom. The van der Waals surface area contributed by atoms with Crippen molar-refractivity contribution < 1.29 is 9.53 Å². The Kier molecular flexibility index (Phi) is 7.28. The van der Waals surface area contributed by atoms with Gasteiger partial charge in [-0.15, -0.1) is 0 Å². The summed E-state index contributed by atoms with van der Waals surface area (Å²) >= 11 is 0. The van der Waals surface area contributed by atoms with Gasteiger partial charge in [0.25, 0.3) is 0 Å². The molecule has 0 radical (unpaired) electrons. The average Bonchev–Trinajstić information content (AvgIpc) is 3.04. The summed E-state index contributed by atoms with van der Waals surface area (Å²) in [6.45, 7) is 10.1. The number of nitrogens with zero attached hydrogens (tertiary/aromatic N) is 4. The minimum absolute atomic E-state index is 0.182. The van der Waals surface area contributed by atoms with Gasteiger partial charge in [0.2, 0.25) is 0 Å². The number of aromatic nitrogens is 4. The second kappa shape index (κ2) is 9.66. The van der Waals surface area contributed by atoms with Crippen molar-refractivity contribution in [3.8, 4) is 0 Å². The number of carbonyl (C=O) groups is 1. The molecule has 0 aliphatic heterocycles. The van der Waals surface area contributed by atoms with Gasteiger partial charge in [0.1, 0.15) is 17.9 Å². The van der Waals surface area contributed by atoms with E-state index in [1.54, 1.807) is 6.33 Å². The van der Waals surface area contributed by atoms with Crippen molar-refractivity contribution in [3.63, 3.8) is 0 Å². The van der Waals surface area contributed by atoms with Crippen LogP contribution >= 0.6 is 0 Å². The molecule has 0 unspecified atom stereocenters. The van der Waals surface area contributed by atoms with Crippen LogP contribution < -0.4 is 5.73 Å². The van der Waals surface area contributed by atoms with E-state index in [0.717, 1.165) is 36.3 Å². The molecule has 0 atom stereocenters. The summed E-state index contributed by atoms with van der Waals surface area (Å²) in [6, 6.07) is 0. The molecule has 27 heavy (non-hydrogen) atoms. The fourth-order valence-corrected chi connectivity index (χ4v) is 2.48. The van der Waals surface area contributed by atoms with Gasteiger partial charge in [-0.2, -0.15) is 0 Å². The second-order valence-corrected chi connectivity index (χ2v) is 6.31. The van der Waals surface area contributed by atoms with Crippen molar-refractivity contribution in [2.45, 2.75) is 46.6 Å². The Morgan fingerprint density at radius 1 is 1.37 bits per heavy atom. The minimum Gasteiger partial charge on any atom is -0.461 e. The lowest BCUT2D eigenvalue weighted by atomic mass is 10.2. The Balaban J connectivity index is 2.17. The topological polar surface area (TPSA) is 95.9 Å². The number of fused-ring (bicyclic) bond motifs is 1. The molecule has 0 amide bonds. The largest absolute Gasteiger partial charge is 0.461 e. The first kappa shape index (κ1) is 20.4. The Morgan fingerprint density at radius 3 is 2.81 bits per heavy atom. The Bertz CT molecular complexity index is 880. The normalized spacial score (nSPS) is 12.0. The first-order valence-corrected chi connectivity index (χ1v) is 9.06. The first-order chi connectivity index (χ1) is 12.9. The molecule has 0 aliphatic carbocycles. The lowest BCUT2D eigenvalue weighted by Crippen LogP contribution is -2.05. The van der Waals surface area contributed by atoms with Crippen LogP contribution in [-0.2, 0) is 22.5 Å². The summed E-state index contributed by atoms with van der Waals surface area (Å²) in [7, 11) is 0. The van der Waals surface area contributed by atoms with Crippen molar-refractivity contribution in [2.24, 2.45) is 0 Å². The standard InChI is InChI=1S/C20H27N5O2/c1-5-7-8-17-23-19(21)18-20(24-17)25(13-22-18)11-16(6-2)10-9-14(3)12-27-15(4)26/h6,9-10,13H,3,5,7-8,11-12H2,1-2,4H3,(H2,21,23,24)/b10-9-,16-6+. The third-order valence-electron chi connectivity index (χ3n) is 4.01. The van der Waals surface area contributed by atoms with Crippen LogP contribution in [0.25, 0.3) is 11.2 Å². The van der Waals surface area contributed by atoms with E-state index in [1.165, 1.54) is 6.92 Å². The molecule has 0 bridgehead atoms. The Hall–Kier alpha value is -2.96. The molecular weight excluding hydrogens is 342 g/mol. The van der Waals surface area contributed by atoms with Gasteiger partial charge in [-0.25, -0.2) is 15.0 Å². The van der Waals surface area contributed by atoms with E-state index in [-0.39, 0.29) is 12.6 Å². The summed E-state index contributed by atoms with van der Waals surface area (Å²) in [5, 5.41) is 0. The van der Waals surface area contributed by atoms with Crippen LogP contribution in [0, 0.1) is 0 Å². The first-order valence-electron chi connectivity index (χ1n) is 9.06. The van der Waals surface area contributed by atoms with E-state index in [1.807, 2.05) is 29.7 Å². The fraction of sp³-hybridized carbons (Fsp3) is 0.400. The van der Waals surface area contributed by atoms with Gasteiger partial charge in [-0.3, -0.25) is 4.79 Å². The van der Waals surface area contributed by atoms with Gasteiger partial charge in [0.15, 0.2) is 11.5 Å². The molecule has 2 aromatic rings. The second-order valence-electron chi connectivity index (χ2n) is 6.31. The predicted molar refractivity (Wildman–Crippen MR) is 107 cm³/mol. The molecule has 144 valence electrons. The summed E-state index contributed by atoms with van der Waals surface area (Å²) in [4.78, 5) is 24.2. The summed E-state index contributed by atoms with van der Waals surface area (Å²) in [6.07, 6.45) is 10.4. The highest BCUT2D eigenvalue weighted by Crippen LogP contribution is 2.18. The summed E-state index contributed by atoms with van der Waals surface area (Å²) in [5.41, 5.74) is 9.17. The zero-order chi connectivity index (χ0) is 19.8. The van der Waals surface area contributed by atoms with Crippen molar-refractivity contribution >= 4 is 23.0 Å². The van der Waals surface area contributed by atoms with Gasteiger partial charge in [-0.05, 0) is 24.5 Å². The molecule has 0 saturated carbocycles. The third kappa shape index (κ3) is 5.77. The molecule has 0 aromatic carbocycles. The van der Waals surface area contributed by atoms with Crippen LogP contribution in [0.1, 0.15) is 39.4 Å². The maximum absolute atomic E-state index is 10.9. The Labute approximate surface area is 159 Å². The number of rotatable bonds is 9. The number of carbonyl (C=O) groups excluding carboxylic acids is 1. The molecule has 7 heteroatoms. The number of anilines is 1. The zero-order valence-corrected chi connectivity index (χ0v) is 16.2. The number of unbranched alkanes of at least 4 members (excludes halogenated alkanes) is 1. The summed E-state index contributed by atoms with van der Waals surface area (Å²) < 4.78 is 6.89. The fourth-order valence-electron chi connectivity index (χ4n) is 2.48. The minimum atomic E-state index is -0.322. The van der Waals surface area contributed by atoms with Gasteiger partial charge in [0.05, 0.1) is 12.9 Å². The summed E-state index contributed by atoms with van der Waals surface area (Å²) in [5.74, 6) is 0.838. The number of aryl methyl sites for hydroxylation is 1. The number of allylic oxidation sites excluding steroid dienone is 3. The van der Waals surface area contributed by atoms with Crippen molar-refractivity contribution in [1.82, 2.24) is 19.5 Å². The van der Waals surface area contributed by atoms with Crippen LogP contribution in [0.15, 0.2) is 42.3 Å². The van der Waals surface area contributed by atoms with E-state index in [4.69, 9.17) is 10.5 Å². The molecule has 2 aromatic heterocycles. The predicted octanol–water partition coefficient (Wildman–Crippen LogP) is 3.37. The number of imidazole rings is 1. The van der Waals surface area contributed by atoms with Crippen LogP contribution in [0.2, 0.25) is 0 Å². The monoisotopic (exact) mass is 369 g/mol. The van der Waals surface area contributed by atoms with Crippen molar-refractivity contribution in [1.29, 1.82) is 0 Å². The SMILES string of the molecule is C=C(/C=C\C(=C/C)Cn1cnc2c(N)nc(CCCC)nc21)COC(C)=O. The number of nitrogen functional groups attached to an aromatic ring is 1. The van der Waals surface area contributed by atoms with Gasteiger partial charge in [0, 0.05) is 13.3 Å². The highest BCUT2D eigenvalue weighted by atomic mass is 16.5. The number of nitrogens with two attached hydrogens (primary N) is 1. The maximum Gasteiger partial charge on any atom is 0.302 e. The average molecular weight is 369 g/mol. The lowest BCUT2D eigenvalue weighted by Gasteiger charge is -2.07. The van der Waals surface area contributed by atoms with Crippen LogP contribution in [-0.4, -0.2) is 32.1 Å². The van der Waals surface area contributed by atoms with Gasteiger partial charge < -0.3 is 15.0 Å². The lowest BCUT2D eigenvalue weighted by molar-refractivity contribution is -0.139. The zero-order valence-electron chi connectivity index (χ0n) is 16.2. The van der Waals surface area contributed by atoms with Crippen molar-refractivity contribution in [2.75, 3.05) is 12.3 Å². The van der Waals surface area contributed by atoms with E-state index in [2.05, 4.69) is 28.5 Å². The number of ether oxygens (including phenoxy) is 1. The number of hydrogen-bond acceptors (Lipinski definition) is 6. The van der Waals surface area contributed by atoms with Crippen LogP contribution in [0.5, 0.6) is 0 Å². The molecule has 0 spiro atoms. The number of hydrogen-bond donors (Lipinski definition) is 1. The van der Waals surface area contributed by atoms with Crippen LogP contribution in [0.4, 0.5) is 5.82 Å². The maximum atomic E-state index is 10.9. The van der Waals surface area contributed by atoms with E-state index >= 15 is 0 Å². The third-order valence-corrected chi connectivity index (χ3v) is 4.01. The van der Waals surface area contributed by atoms with Gasteiger partial charge >= 0.3 is 5.97 Å². The quantitative estimate of drug-likeness (QED) is 0.538. The molecular formula is C20H27N5O2. The number of esters is 1. The molecule has 2 N–H and O–H groups in total. The highest BCUT2D eigenvalue weighted by molar-refractivity contribution is 5.81. The van der Waals surface area contributed by atoms with Crippen molar-refractivity contribution in [3.05, 3.63) is 48.1 Å². The van der Waals surface area contributed by atoms with Crippen LogP contribution in [0.3, 0.4) is 0 Å². The smallest absolute Gasteiger partial charge is 0.302 e. The molecule has 7 nitrogen and oxygen atoms in total. The highest BCUT2D eigenvalue weighted by Gasteiger charge is 2.11. The molecule has 2 heterocycles. The van der Waals surface area contributed by atoms with E-state index in [0.29, 0.717) is 23.5 Å². The van der Waals surface area contributed by atoms with E-state index in [9.17, 15) is 4.79 Å². The molecule has 0 saturated heterocycles. The molecule has 2 rings (SSSR count). The molecule has 0 aliphatic rings. The van der Waals surface area contributed by atoms with E-state index < -0.39 is 0 Å².